The summed E-state index contributed by atoms with van der Waals surface area (Å²) in [5.74, 6) is -0.800. The Bertz CT molecular complexity index is 757. The van der Waals surface area contributed by atoms with Crippen molar-refractivity contribution in [2.45, 2.75) is 26.9 Å². The number of benzene rings is 1. The molecule has 1 unspecified atom stereocenters. The first-order valence-corrected chi connectivity index (χ1v) is 7.19. The molecule has 23 heavy (non-hydrogen) atoms. The van der Waals surface area contributed by atoms with Gasteiger partial charge in [-0.2, -0.15) is 0 Å². The van der Waals surface area contributed by atoms with E-state index >= 15 is 0 Å². The van der Waals surface area contributed by atoms with Crippen LogP contribution in [-0.2, 0) is 9.53 Å². The van der Waals surface area contributed by atoms with Gasteiger partial charge in [-0.05, 0) is 45.0 Å². The highest BCUT2D eigenvalue weighted by Gasteiger charge is 2.22. The molecule has 0 aliphatic carbocycles. The highest BCUT2D eigenvalue weighted by molar-refractivity contribution is 6.31. The van der Waals surface area contributed by atoms with E-state index in [-0.39, 0.29) is 10.6 Å². The van der Waals surface area contributed by atoms with Crippen molar-refractivity contribution < 1.29 is 23.1 Å². The summed E-state index contributed by atoms with van der Waals surface area (Å²) in [4.78, 5) is 24.0. The fourth-order valence-corrected chi connectivity index (χ4v) is 2.11. The second kappa shape index (κ2) is 6.83. The summed E-state index contributed by atoms with van der Waals surface area (Å²) in [6.45, 7) is 4.77. The van der Waals surface area contributed by atoms with Gasteiger partial charge in [0, 0.05) is 5.69 Å². The zero-order valence-electron chi connectivity index (χ0n) is 12.8. The van der Waals surface area contributed by atoms with E-state index < -0.39 is 23.8 Å². The Balaban J connectivity index is 2.00. The maximum atomic E-state index is 13.1. The standard InChI is InChI=1S/C16H15ClFNO4/c1-8-6-12(9(2)22-8)16(21)23-10(3)15(20)19-11-4-5-14(18)13(17)7-11/h4-7,10H,1-3H3,(H,19,20). The highest BCUT2D eigenvalue weighted by atomic mass is 35.5. The first kappa shape index (κ1) is 17.0. The third-order valence-electron chi connectivity index (χ3n) is 3.10. The van der Waals surface area contributed by atoms with Crippen molar-refractivity contribution in [3.8, 4) is 0 Å². The summed E-state index contributed by atoms with van der Waals surface area (Å²) in [6.07, 6.45) is -1.04. The normalized spacial score (nSPS) is 11.9. The summed E-state index contributed by atoms with van der Waals surface area (Å²) in [7, 11) is 0. The number of hydrogen-bond donors (Lipinski definition) is 1. The topological polar surface area (TPSA) is 68.5 Å². The zero-order valence-corrected chi connectivity index (χ0v) is 13.5. The lowest BCUT2D eigenvalue weighted by Crippen LogP contribution is -2.30. The van der Waals surface area contributed by atoms with Crippen molar-refractivity contribution in [2.24, 2.45) is 0 Å². The lowest BCUT2D eigenvalue weighted by Gasteiger charge is -2.13. The fraction of sp³-hybridized carbons (Fsp3) is 0.250. The minimum absolute atomic E-state index is 0.114. The minimum Gasteiger partial charge on any atom is -0.466 e. The van der Waals surface area contributed by atoms with Gasteiger partial charge in [0.05, 0.1) is 5.02 Å². The zero-order chi connectivity index (χ0) is 17.1. The quantitative estimate of drug-likeness (QED) is 0.858. The van der Waals surface area contributed by atoms with Crippen LogP contribution < -0.4 is 5.32 Å². The van der Waals surface area contributed by atoms with E-state index in [2.05, 4.69) is 5.32 Å². The number of rotatable bonds is 4. The van der Waals surface area contributed by atoms with Crippen LogP contribution >= 0.6 is 11.6 Å². The Morgan fingerprint density at radius 2 is 2.00 bits per heavy atom. The van der Waals surface area contributed by atoms with Gasteiger partial charge in [0.25, 0.3) is 5.91 Å². The minimum atomic E-state index is -1.04. The Morgan fingerprint density at radius 1 is 1.30 bits per heavy atom. The number of anilines is 1. The molecule has 1 atom stereocenters. The van der Waals surface area contributed by atoms with Crippen molar-refractivity contribution in [1.29, 1.82) is 0 Å². The van der Waals surface area contributed by atoms with Gasteiger partial charge in [-0.25, -0.2) is 9.18 Å². The number of ether oxygens (including phenoxy) is 1. The first-order valence-electron chi connectivity index (χ1n) is 6.82. The Hall–Kier alpha value is -2.34. The van der Waals surface area contributed by atoms with E-state index in [4.69, 9.17) is 20.8 Å². The first-order chi connectivity index (χ1) is 10.8. The van der Waals surface area contributed by atoms with Gasteiger partial charge in [0.15, 0.2) is 6.10 Å². The van der Waals surface area contributed by atoms with Crippen LogP contribution in [0, 0.1) is 19.7 Å². The van der Waals surface area contributed by atoms with E-state index in [9.17, 15) is 14.0 Å². The van der Waals surface area contributed by atoms with Gasteiger partial charge in [-0.3, -0.25) is 4.79 Å². The molecular formula is C16H15ClFNO4. The second-order valence-electron chi connectivity index (χ2n) is 4.99. The average Bonchev–Trinajstić information content (AvgIpc) is 2.81. The van der Waals surface area contributed by atoms with E-state index in [1.165, 1.54) is 19.1 Å². The number of carbonyl (C=O) groups is 2. The molecule has 0 spiro atoms. The van der Waals surface area contributed by atoms with Crippen LogP contribution in [0.25, 0.3) is 0 Å². The molecule has 1 aromatic carbocycles. The van der Waals surface area contributed by atoms with Gasteiger partial charge in [-0.15, -0.1) is 0 Å². The van der Waals surface area contributed by atoms with E-state index in [1.54, 1.807) is 19.9 Å². The van der Waals surface area contributed by atoms with Crippen molar-refractivity contribution in [1.82, 2.24) is 0 Å². The maximum Gasteiger partial charge on any atom is 0.342 e. The number of furan rings is 1. The molecular weight excluding hydrogens is 325 g/mol. The molecule has 7 heteroatoms. The summed E-state index contributed by atoms with van der Waals surface area (Å²) in [6, 6.07) is 5.30. The van der Waals surface area contributed by atoms with Gasteiger partial charge >= 0.3 is 5.97 Å². The molecule has 0 bridgehead atoms. The van der Waals surface area contributed by atoms with E-state index in [0.717, 1.165) is 6.07 Å². The molecule has 5 nitrogen and oxygen atoms in total. The predicted octanol–water partition coefficient (Wildman–Crippen LogP) is 3.87. The van der Waals surface area contributed by atoms with Crippen LogP contribution in [0.4, 0.5) is 10.1 Å². The van der Waals surface area contributed by atoms with Crippen LogP contribution in [0.15, 0.2) is 28.7 Å². The Morgan fingerprint density at radius 3 is 2.57 bits per heavy atom. The Labute approximate surface area is 137 Å². The molecule has 1 heterocycles. The molecule has 2 aromatic rings. The molecule has 2 rings (SSSR count). The third kappa shape index (κ3) is 4.10. The van der Waals surface area contributed by atoms with Gasteiger partial charge in [-0.1, -0.05) is 11.6 Å². The molecule has 0 saturated carbocycles. The molecule has 1 amide bonds. The third-order valence-corrected chi connectivity index (χ3v) is 3.39. The van der Waals surface area contributed by atoms with Gasteiger partial charge in [0.2, 0.25) is 0 Å². The number of amides is 1. The number of halogens is 2. The Kier molecular flexibility index (Phi) is 5.05. The van der Waals surface area contributed by atoms with E-state index in [1.807, 2.05) is 0 Å². The van der Waals surface area contributed by atoms with Crippen LogP contribution in [0.3, 0.4) is 0 Å². The molecule has 0 saturated heterocycles. The van der Waals surface area contributed by atoms with Crippen LogP contribution in [0.2, 0.25) is 5.02 Å². The van der Waals surface area contributed by atoms with E-state index in [0.29, 0.717) is 17.2 Å². The lowest BCUT2D eigenvalue weighted by molar-refractivity contribution is -0.123. The predicted molar refractivity (Wildman–Crippen MR) is 83.1 cm³/mol. The molecule has 1 N–H and O–H groups in total. The monoisotopic (exact) mass is 339 g/mol. The van der Waals surface area contributed by atoms with Crippen molar-refractivity contribution >= 4 is 29.2 Å². The average molecular weight is 340 g/mol. The molecule has 1 aromatic heterocycles. The number of nitrogens with one attached hydrogen (secondary N) is 1. The smallest absolute Gasteiger partial charge is 0.342 e. The maximum absolute atomic E-state index is 13.1. The lowest BCUT2D eigenvalue weighted by atomic mass is 10.2. The van der Waals surface area contributed by atoms with Gasteiger partial charge in [0.1, 0.15) is 22.9 Å². The van der Waals surface area contributed by atoms with Crippen molar-refractivity contribution in [3.63, 3.8) is 0 Å². The second-order valence-corrected chi connectivity index (χ2v) is 5.40. The summed E-state index contributed by atoms with van der Waals surface area (Å²) >= 11 is 5.64. The largest absolute Gasteiger partial charge is 0.466 e. The number of esters is 1. The van der Waals surface area contributed by atoms with Crippen molar-refractivity contribution in [3.05, 3.63) is 52.2 Å². The number of hydrogen-bond acceptors (Lipinski definition) is 4. The summed E-state index contributed by atoms with van der Waals surface area (Å²) in [5.41, 5.74) is 0.576. The number of aryl methyl sites for hydroxylation is 2. The fourth-order valence-electron chi connectivity index (χ4n) is 1.93. The van der Waals surface area contributed by atoms with Crippen LogP contribution in [-0.4, -0.2) is 18.0 Å². The number of carbonyl (C=O) groups excluding carboxylic acids is 2. The highest BCUT2D eigenvalue weighted by Crippen LogP contribution is 2.20. The molecule has 122 valence electrons. The molecule has 0 fully saturated rings. The SMILES string of the molecule is Cc1cc(C(=O)OC(C)C(=O)Nc2ccc(F)c(Cl)c2)c(C)o1. The van der Waals surface area contributed by atoms with Crippen molar-refractivity contribution in [2.75, 3.05) is 5.32 Å². The molecule has 0 aliphatic heterocycles. The van der Waals surface area contributed by atoms with Gasteiger partial charge < -0.3 is 14.5 Å². The summed E-state index contributed by atoms with van der Waals surface area (Å²) < 4.78 is 23.4. The van der Waals surface area contributed by atoms with Crippen LogP contribution in [0.1, 0.15) is 28.8 Å². The molecule has 0 radical (unpaired) electrons. The summed E-state index contributed by atoms with van der Waals surface area (Å²) in [5, 5.41) is 2.38. The molecule has 0 aliphatic rings. The van der Waals surface area contributed by atoms with Crippen LogP contribution in [0.5, 0.6) is 0 Å².